The number of aromatic nitrogens is 4. The van der Waals surface area contributed by atoms with Gasteiger partial charge >= 0.3 is 0 Å². The second-order valence-electron chi connectivity index (χ2n) is 7.97. The molecule has 0 unspecified atom stereocenters. The topological polar surface area (TPSA) is 56.1 Å². The van der Waals surface area contributed by atoms with Gasteiger partial charge in [0.15, 0.2) is 5.65 Å². The van der Waals surface area contributed by atoms with Gasteiger partial charge in [-0.15, -0.1) is 0 Å². The van der Waals surface area contributed by atoms with E-state index in [-0.39, 0.29) is 0 Å². The number of likely N-dealkylation sites (tertiary alicyclic amines) is 1. The number of rotatable bonds is 7. The van der Waals surface area contributed by atoms with Gasteiger partial charge in [0.25, 0.3) is 0 Å². The summed E-state index contributed by atoms with van der Waals surface area (Å²) in [7, 11) is 0. The molecule has 4 rings (SSSR count). The van der Waals surface area contributed by atoms with Crippen LogP contribution in [0, 0.1) is 5.92 Å². The van der Waals surface area contributed by atoms with Crippen LogP contribution in [0.5, 0.6) is 5.75 Å². The number of nitrogens with zero attached hydrogens (tertiary/aromatic N) is 5. The van der Waals surface area contributed by atoms with E-state index < -0.39 is 0 Å². The zero-order chi connectivity index (χ0) is 19.3. The molecular formula is C22H29N5O. The Morgan fingerprint density at radius 2 is 1.82 bits per heavy atom. The maximum Gasteiger partial charge on any atom is 0.177 e. The van der Waals surface area contributed by atoms with Gasteiger partial charge in [0, 0.05) is 24.9 Å². The molecule has 0 atom stereocenters. The lowest BCUT2D eigenvalue weighted by Crippen LogP contribution is -2.35. The highest BCUT2D eigenvalue weighted by Crippen LogP contribution is 2.31. The molecule has 148 valence electrons. The van der Waals surface area contributed by atoms with E-state index in [0.717, 1.165) is 48.5 Å². The first kappa shape index (κ1) is 18.9. The zero-order valence-corrected chi connectivity index (χ0v) is 16.8. The van der Waals surface area contributed by atoms with Gasteiger partial charge in [-0.25, -0.2) is 14.6 Å². The van der Waals surface area contributed by atoms with E-state index in [4.69, 9.17) is 9.84 Å². The van der Waals surface area contributed by atoms with Crippen LogP contribution in [-0.4, -0.2) is 50.9 Å². The summed E-state index contributed by atoms with van der Waals surface area (Å²) in [6.07, 6.45) is 5.78. The lowest BCUT2D eigenvalue weighted by molar-refractivity contribution is 0.190. The van der Waals surface area contributed by atoms with Crippen LogP contribution in [0.3, 0.4) is 0 Å². The third kappa shape index (κ3) is 4.33. The second kappa shape index (κ2) is 8.69. The van der Waals surface area contributed by atoms with E-state index in [9.17, 15) is 0 Å². The first-order chi connectivity index (χ1) is 13.7. The Kier molecular flexibility index (Phi) is 5.86. The summed E-state index contributed by atoms with van der Waals surface area (Å²) in [5, 5.41) is 4.92. The molecule has 0 spiro atoms. The van der Waals surface area contributed by atoms with Crippen LogP contribution in [0.1, 0.15) is 38.3 Å². The largest absolute Gasteiger partial charge is 0.492 e. The molecule has 3 heterocycles. The second-order valence-corrected chi connectivity index (χ2v) is 7.97. The number of para-hydroxylation sites is 1. The fraction of sp³-hybridized carbons (Fsp3) is 0.500. The number of hydrogen-bond acceptors (Lipinski definition) is 5. The normalized spacial score (nSPS) is 16.1. The Morgan fingerprint density at radius 3 is 2.57 bits per heavy atom. The summed E-state index contributed by atoms with van der Waals surface area (Å²) in [6, 6.07) is 9.89. The third-order valence-corrected chi connectivity index (χ3v) is 5.31. The predicted octanol–water partition coefficient (Wildman–Crippen LogP) is 3.74. The smallest absolute Gasteiger partial charge is 0.177 e. The van der Waals surface area contributed by atoms with Gasteiger partial charge in [0.2, 0.25) is 0 Å². The molecule has 28 heavy (non-hydrogen) atoms. The molecule has 6 heteroatoms. The van der Waals surface area contributed by atoms with Crippen LogP contribution in [0.25, 0.3) is 11.2 Å². The highest BCUT2D eigenvalue weighted by atomic mass is 16.5. The van der Waals surface area contributed by atoms with Gasteiger partial charge in [-0.3, -0.25) is 0 Å². The van der Waals surface area contributed by atoms with E-state index >= 15 is 0 Å². The fourth-order valence-corrected chi connectivity index (χ4v) is 4.03. The SMILES string of the molecule is CC(C)CN1CCC(c2nn(CCOc3ccccc3)c3nccnc23)CC1. The van der Waals surface area contributed by atoms with Crippen LogP contribution >= 0.6 is 0 Å². The van der Waals surface area contributed by atoms with Crippen LogP contribution < -0.4 is 4.74 Å². The average molecular weight is 380 g/mol. The van der Waals surface area contributed by atoms with Crippen molar-refractivity contribution in [1.82, 2.24) is 24.6 Å². The van der Waals surface area contributed by atoms with E-state index in [2.05, 4.69) is 28.7 Å². The number of benzene rings is 1. The molecule has 0 bridgehead atoms. The molecule has 2 aromatic heterocycles. The van der Waals surface area contributed by atoms with Gasteiger partial charge in [-0.2, -0.15) is 5.10 Å². The molecular weight excluding hydrogens is 350 g/mol. The molecule has 1 saturated heterocycles. The summed E-state index contributed by atoms with van der Waals surface area (Å²) in [4.78, 5) is 11.7. The van der Waals surface area contributed by atoms with Gasteiger partial charge in [-0.1, -0.05) is 32.0 Å². The summed E-state index contributed by atoms with van der Waals surface area (Å²) in [5.41, 5.74) is 2.91. The summed E-state index contributed by atoms with van der Waals surface area (Å²) < 4.78 is 7.81. The minimum absolute atomic E-state index is 0.457. The van der Waals surface area contributed by atoms with Crippen molar-refractivity contribution < 1.29 is 4.74 Å². The van der Waals surface area contributed by atoms with Gasteiger partial charge in [0.1, 0.15) is 17.9 Å². The van der Waals surface area contributed by atoms with Crippen molar-refractivity contribution in [3.63, 3.8) is 0 Å². The van der Waals surface area contributed by atoms with Gasteiger partial charge in [-0.05, 0) is 44.0 Å². The maximum atomic E-state index is 5.85. The van der Waals surface area contributed by atoms with Crippen molar-refractivity contribution in [2.45, 2.75) is 39.2 Å². The van der Waals surface area contributed by atoms with Crippen molar-refractivity contribution in [3.8, 4) is 5.75 Å². The highest BCUT2D eigenvalue weighted by Gasteiger charge is 2.26. The first-order valence-corrected chi connectivity index (χ1v) is 10.3. The minimum atomic E-state index is 0.457. The van der Waals surface area contributed by atoms with E-state index in [1.165, 1.54) is 6.54 Å². The van der Waals surface area contributed by atoms with Crippen molar-refractivity contribution >= 4 is 11.2 Å². The number of fused-ring (bicyclic) bond motifs is 1. The average Bonchev–Trinajstić information content (AvgIpc) is 3.08. The molecule has 1 aromatic carbocycles. The van der Waals surface area contributed by atoms with E-state index in [1.54, 1.807) is 12.4 Å². The minimum Gasteiger partial charge on any atom is -0.492 e. The molecule has 0 aliphatic carbocycles. The molecule has 1 aliphatic rings. The molecule has 3 aromatic rings. The van der Waals surface area contributed by atoms with Crippen molar-refractivity contribution in [3.05, 3.63) is 48.4 Å². The molecule has 0 N–H and O–H groups in total. The molecule has 0 saturated carbocycles. The Hall–Kier alpha value is -2.47. The highest BCUT2D eigenvalue weighted by molar-refractivity contribution is 5.73. The Morgan fingerprint density at radius 1 is 1.07 bits per heavy atom. The number of hydrogen-bond donors (Lipinski definition) is 0. The standard InChI is InChI=1S/C22H29N5O/c1-17(2)16-26-12-8-18(9-13-26)20-21-22(24-11-10-23-21)27(25-20)14-15-28-19-6-4-3-5-7-19/h3-7,10-11,17-18H,8-9,12-16H2,1-2H3. The van der Waals surface area contributed by atoms with Crippen molar-refractivity contribution in [2.24, 2.45) is 5.92 Å². The van der Waals surface area contributed by atoms with Crippen LogP contribution in [-0.2, 0) is 6.54 Å². The van der Waals surface area contributed by atoms with E-state index in [1.807, 2.05) is 35.0 Å². The Balaban J connectivity index is 1.46. The monoisotopic (exact) mass is 379 g/mol. The lowest BCUT2D eigenvalue weighted by atomic mass is 9.92. The Labute approximate surface area is 166 Å². The van der Waals surface area contributed by atoms with Crippen LogP contribution in [0.2, 0.25) is 0 Å². The van der Waals surface area contributed by atoms with Crippen LogP contribution in [0.15, 0.2) is 42.7 Å². The molecule has 0 radical (unpaired) electrons. The predicted molar refractivity (Wildman–Crippen MR) is 111 cm³/mol. The summed E-state index contributed by atoms with van der Waals surface area (Å²) in [6.45, 7) is 9.24. The summed E-state index contributed by atoms with van der Waals surface area (Å²) >= 11 is 0. The first-order valence-electron chi connectivity index (χ1n) is 10.3. The van der Waals surface area contributed by atoms with E-state index in [0.29, 0.717) is 25.0 Å². The van der Waals surface area contributed by atoms with Crippen molar-refractivity contribution in [1.29, 1.82) is 0 Å². The van der Waals surface area contributed by atoms with Crippen molar-refractivity contribution in [2.75, 3.05) is 26.2 Å². The number of ether oxygens (including phenoxy) is 1. The quantitative estimate of drug-likeness (QED) is 0.626. The molecule has 6 nitrogen and oxygen atoms in total. The van der Waals surface area contributed by atoms with Crippen LogP contribution in [0.4, 0.5) is 0 Å². The maximum absolute atomic E-state index is 5.85. The zero-order valence-electron chi connectivity index (χ0n) is 16.8. The fourth-order valence-electron chi connectivity index (χ4n) is 4.03. The molecule has 0 amide bonds. The third-order valence-electron chi connectivity index (χ3n) is 5.31. The Bertz CT molecular complexity index is 884. The number of piperidine rings is 1. The lowest BCUT2D eigenvalue weighted by Gasteiger charge is -2.32. The summed E-state index contributed by atoms with van der Waals surface area (Å²) in [5.74, 6) is 2.05. The van der Waals surface area contributed by atoms with Gasteiger partial charge in [0.05, 0.1) is 12.2 Å². The molecule has 1 aliphatic heterocycles. The molecule has 1 fully saturated rings. The van der Waals surface area contributed by atoms with Gasteiger partial charge < -0.3 is 9.64 Å².